The largest absolute Gasteiger partial charge is 0.428 e. The summed E-state index contributed by atoms with van der Waals surface area (Å²) in [7, 11) is 0. The number of hydrogen-bond donors (Lipinski definition) is 0. The standard InChI is InChI=1S/C12H20O4/c1-5-7-11(15-9(3)13)12(8-6-2)16-10(4)14/h5-8H2,1-4H3/b12-11-. The number of rotatable bonds is 6. The molecule has 16 heavy (non-hydrogen) atoms. The molecule has 4 heteroatoms. The number of allylic oxidation sites excluding steroid dienone is 2. The summed E-state index contributed by atoms with van der Waals surface area (Å²) in [6.45, 7) is 6.63. The van der Waals surface area contributed by atoms with E-state index in [1.165, 1.54) is 13.8 Å². The molecule has 0 saturated carbocycles. The minimum absolute atomic E-state index is 0.385. The van der Waals surface area contributed by atoms with Crippen LogP contribution in [0.4, 0.5) is 0 Å². The lowest BCUT2D eigenvalue weighted by Gasteiger charge is -2.12. The lowest BCUT2D eigenvalue weighted by Crippen LogP contribution is -2.07. The monoisotopic (exact) mass is 228 g/mol. The molecule has 0 aliphatic carbocycles. The molecule has 92 valence electrons. The maximum absolute atomic E-state index is 10.9. The normalized spacial score (nSPS) is 11.8. The van der Waals surface area contributed by atoms with Crippen LogP contribution in [0.3, 0.4) is 0 Å². The highest BCUT2D eigenvalue weighted by atomic mass is 16.6. The van der Waals surface area contributed by atoms with E-state index in [0.29, 0.717) is 24.4 Å². The molecule has 0 radical (unpaired) electrons. The summed E-state index contributed by atoms with van der Waals surface area (Å²) in [6, 6.07) is 0. The van der Waals surface area contributed by atoms with Gasteiger partial charge >= 0.3 is 11.9 Å². The van der Waals surface area contributed by atoms with Gasteiger partial charge in [0.15, 0.2) is 0 Å². The van der Waals surface area contributed by atoms with Gasteiger partial charge < -0.3 is 9.47 Å². The summed E-state index contributed by atoms with van der Waals surface area (Å²) < 4.78 is 10.1. The molecule has 0 unspecified atom stereocenters. The van der Waals surface area contributed by atoms with Crippen LogP contribution in [0.15, 0.2) is 11.5 Å². The highest BCUT2D eigenvalue weighted by Gasteiger charge is 2.13. The van der Waals surface area contributed by atoms with Gasteiger partial charge in [0.25, 0.3) is 0 Å². The number of esters is 2. The third-order valence-corrected chi connectivity index (χ3v) is 1.80. The van der Waals surface area contributed by atoms with E-state index in [4.69, 9.17) is 9.47 Å². The molecule has 0 fully saturated rings. The third kappa shape index (κ3) is 6.22. The molecule has 0 heterocycles. The van der Waals surface area contributed by atoms with Crippen LogP contribution >= 0.6 is 0 Å². The van der Waals surface area contributed by atoms with E-state index in [-0.39, 0.29) is 11.9 Å². The van der Waals surface area contributed by atoms with Crippen LogP contribution < -0.4 is 0 Å². The molecule has 0 amide bonds. The third-order valence-electron chi connectivity index (χ3n) is 1.80. The Hall–Kier alpha value is -1.32. The van der Waals surface area contributed by atoms with Gasteiger partial charge in [-0.05, 0) is 12.8 Å². The van der Waals surface area contributed by atoms with Crippen LogP contribution in [0.5, 0.6) is 0 Å². The van der Waals surface area contributed by atoms with Crippen molar-refractivity contribution in [2.75, 3.05) is 0 Å². The van der Waals surface area contributed by atoms with Crippen molar-refractivity contribution < 1.29 is 19.1 Å². The van der Waals surface area contributed by atoms with Crippen LogP contribution in [-0.2, 0) is 19.1 Å². The average molecular weight is 228 g/mol. The Labute approximate surface area is 96.6 Å². The SMILES string of the molecule is CCC/C(OC(C)=O)=C(\CCC)OC(C)=O. The number of ether oxygens (including phenoxy) is 2. The maximum Gasteiger partial charge on any atom is 0.307 e. The lowest BCUT2D eigenvalue weighted by atomic mass is 10.2. The van der Waals surface area contributed by atoms with Crippen molar-refractivity contribution in [3.05, 3.63) is 11.5 Å². The molecule has 0 atom stereocenters. The van der Waals surface area contributed by atoms with Crippen molar-refractivity contribution in [2.45, 2.75) is 53.4 Å². The van der Waals surface area contributed by atoms with Gasteiger partial charge in [-0.25, -0.2) is 0 Å². The van der Waals surface area contributed by atoms with Gasteiger partial charge in [0.1, 0.15) is 11.5 Å². The molecule has 0 N–H and O–H groups in total. The first kappa shape index (κ1) is 14.7. The molecule has 0 saturated heterocycles. The summed E-state index contributed by atoms with van der Waals surface area (Å²) in [4.78, 5) is 21.9. The second-order valence-electron chi connectivity index (χ2n) is 3.53. The van der Waals surface area contributed by atoms with E-state index in [2.05, 4.69) is 0 Å². The predicted molar refractivity (Wildman–Crippen MR) is 60.4 cm³/mol. The van der Waals surface area contributed by atoms with Crippen molar-refractivity contribution in [1.82, 2.24) is 0 Å². The molecule has 0 aromatic heterocycles. The molecule has 0 aromatic carbocycles. The highest BCUT2D eigenvalue weighted by Crippen LogP contribution is 2.19. The van der Waals surface area contributed by atoms with Crippen LogP contribution in [-0.4, -0.2) is 11.9 Å². The fourth-order valence-corrected chi connectivity index (χ4v) is 1.30. The summed E-state index contributed by atoms with van der Waals surface area (Å²) in [5.74, 6) is 0.188. The summed E-state index contributed by atoms with van der Waals surface area (Å²) in [6.07, 6.45) is 2.86. The van der Waals surface area contributed by atoms with Crippen LogP contribution in [0.25, 0.3) is 0 Å². The van der Waals surface area contributed by atoms with E-state index < -0.39 is 0 Å². The summed E-state index contributed by atoms with van der Waals surface area (Å²) >= 11 is 0. The van der Waals surface area contributed by atoms with Crippen LogP contribution in [0.2, 0.25) is 0 Å². The Bertz CT molecular complexity index is 251. The van der Waals surface area contributed by atoms with Gasteiger partial charge in [-0.2, -0.15) is 0 Å². The summed E-state index contributed by atoms with van der Waals surface area (Å²) in [5, 5.41) is 0. The minimum atomic E-state index is -0.385. The first-order valence-electron chi connectivity index (χ1n) is 5.60. The second kappa shape index (κ2) is 7.91. The molecule has 4 nitrogen and oxygen atoms in total. The molecule has 0 aliphatic rings. The number of carbonyl (C=O) groups excluding carboxylic acids is 2. The first-order valence-corrected chi connectivity index (χ1v) is 5.60. The van der Waals surface area contributed by atoms with Crippen molar-refractivity contribution in [1.29, 1.82) is 0 Å². The minimum Gasteiger partial charge on any atom is -0.428 e. The lowest BCUT2D eigenvalue weighted by molar-refractivity contribution is -0.141. The fraction of sp³-hybridized carbons (Fsp3) is 0.667. The first-order chi connectivity index (χ1) is 7.51. The van der Waals surface area contributed by atoms with E-state index in [0.717, 1.165) is 12.8 Å². The van der Waals surface area contributed by atoms with Crippen molar-refractivity contribution in [2.24, 2.45) is 0 Å². The quantitative estimate of drug-likeness (QED) is 0.518. The van der Waals surface area contributed by atoms with Gasteiger partial charge in [0, 0.05) is 26.7 Å². The van der Waals surface area contributed by atoms with E-state index in [1.807, 2.05) is 13.8 Å². The molecule has 0 bridgehead atoms. The zero-order valence-electron chi connectivity index (χ0n) is 10.5. The Balaban J connectivity index is 4.90. The van der Waals surface area contributed by atoms with Crippen molar-refractivity contribution >= 4 is 11.9 Å². The Morgan fingerprint density at radius 3 is 1.31 bits per heavy atom. The van der Waals surface area contributed by atoms with Gasteiger partial charge in [-0.15, -0.1) is 0 Å². The molecular formula is C12H20O4. The zero-order valence-corrected chi connectivity index (χ0v) is 10.5. The number of carbonyl (C=O) groups is 2. The Morgan fingerprint density at radius 1 is 0.812 bits per heavy atom. The smallest absolute Gasteiger partial charge is 0.307 e. The predicted octanol–water partition coefficient (Wildman–Crippen LogP) is 2.92. The van der Waals surface area contributed by atoms with E-state index >= 15 is 0 Å². The average Bonchev–Trinajstić information content (AvgIpc) is 2.15. The topological polar surface area (TPSA) is 52.6 Å². The van der Waals surface area contributed by atoms with Gasteiger partial charge in [-0.3, -0.25) is 9.59 Å². The molecule has 0 aromatic rings. The van der Waals surface area contributed by atoms with Crippen molar-refractivity contribution in [3.8, 4) is 0 Å². The van der Waals surface area contributed by atoms with Crippen LogP contribution in [0.1, 0.15) is 53.4 Å². The Morgan fingerprint density at radius 2 is 1.12 bits per heavy atom. The summed E-state index contributed by atoms with van der Waals surface area (Å²) in [5.41, 5.74) is 0. The molecular weight excluding hydrogens is 208 g/mol. The van der Waals surface area contributed by atoms with E-state index in [9.17, 15) is 9.59 Å². The highest BCUT2D eigenvalue weighted by molar-refractivity contribution is 5.69. The molecule has 0 rings (SSSR count). The second-order valence-corrected chi connectivity index (χ2v) is 3.53. The maximum atomic E-state index is 10.9. The van der Waals surface area contributed by atoms with E-state index in [1.54, 1.807) is 0 Å². The zero-order chi connectivity index (χ0) is 12.6. The van der Waals surface area contributed by atoms with Gasteiger partial charge in [-0.1, -0.05) is 13.8 Å². The molecule has 0 aliphatic heterocycles. The van der Waals surface area contributed by atoms with Gasteiger partial charge in [0.05, 0.1) is 0 Å². The Kier molecular flexibility index (Phi) is 7.25. The van der Waals surface area contributed by atoms with Crippen LogP contribution in [0, 0.1) is 0 Å². The van der Waals surface area contributed by atoms with Crippen molar-refractivity contribution in [3.63, 3.8) is 0 Å². The number of hydrogen-bond acceptors (Lipinski definition) is 4. The fourth-order valence-electron chi connectivity index (χ4n) is 1.30. The molecule has 0 spiro atoms. The van der Waals surface area contributed by atoms with Gasteiger partial charge in [0.2, 0.25) is 0 Å².